The van der Waals surface area contributed by atoms with Crippen LogP contribution in [-0.4, -0.2) is 8.42 Å². The number of hydrogen-bond acceptors (Lipinski definition) is 2. The smallest absolute Gasteiger partial charge is 0.458 e. The molecule has 1 aromatic carbocycles. The molecule has 0 fully saturated rings. The van der Waals surface area contributed by atoms with E-state index in [2.05, 4.69) is 4.24 Å². The van der Waals surface area contributed by atoms with Crippen LogP contribution in [0.25, 0.3) is 4.24 Å². The standard InChI is InChI=1S/C8H9ClNO2S.Na/c1-2-7-3-5-8(6-4-7)13(11,12)10-9;/h3-6H,2H2,1H3;/q-1;+1. The number of rotatable bonds is 3. The number of benzene rings is 1. The van der Waals surface area contributed by atoms with E-state index in [1.807, 2.05) is 6.92 Å². The Bertz CT molecular complexity index is 377. The molecule has 0 radical (unpaired) electrons. The van der Waals surface area contributed by atoms with Gasteiger partial charge in [-0.2, -0.15) is 0 Å². The van der Waals surface area contributed by atoms with E-state index in [-0.39, 0.29) is 34.5 Å². The van der Waals surface area contributed by atoms with Crippen molar-refractivity contribution in [2.45, 2.75) is 18.2 Å². The van der Waals surface area contributed by atoms with Crippen LogP contribution in [0.4, 0.5) is 0 Å². The Kier molecular flexibility index (Phi) is 6.28. The Morgan fingerprint density at radius 3 is 2.14 bits per heavy atom. The molecule has 0 bridgehead atoms. The van der Waals surface area contributed by atoms with Gasteiger partial charge in [-0.3, -0.25) is 11.8 Å². The fourth-order valence-electron chi connectivity index (χ4n) is 0.937. The quantitative estimate of drug-likeness (QED) is 0.668. The molecular formula is C8H9ClNNaO2S. The summed E-state index contributed by atoms with van der Waals surface area (Å²) in [6.45, 7) is 2.00. The molecule has 0 saturated heterocycles. The van der Waals surface area contributed by atoms with Gasteiger partial charge in [0, 0.05) is 4.90 Å². The van der Waals surface area contributed by atoms with Crippen molar-refractivity contribution in [2.75, 3.05) is 0 Å². The second-order valence-electron chi connectivity index (χ2n) is 2.54. The van der Waals surface area contributed by atoms with E-state index in [0.717, 1.165) is 12.0 Å². The Morgan fingerprint density at radius 1 is 1.29 bits per heavy atom. The Hall–Kier alpha value is 0.420. The largest absolute Gasteiger partial charge is 1.00 e. The van der Waals surface area contributed by atoms with Gasteiger partial charge >= 0.3 is 29.6 Å². The van der Waals surface area contributed by atoms with Crippen molar-refractivity contribution in [1.82, 2.24) is 0 Å². The van der Waals surface area contributed by atoms with Crippen LogP contribution in [0.2, 0.25) is 0 Å². The zero-order valence-corrected chi connectivity index (χ0v) is 11.6. The van der Waals surface area contributed by atoms with Crippen LogP contribution in [0.5, 0.6) is 0 Å². The third kappa shape index (κ3) is 3.53. The Morgan fingerprint density at radius 2 is 1.79 bits per heavy atom. The summed E-state index contributed by atoms with van der Waals surface area (Å²) >= 11 is 4.94. The summed E-state index contributed by atoms with van der Waals surface area (Å²) < 4.78 is 25.0. The van der Waals surface area contributed by atoms with Gasteiger partial charge in [-0.05, 0) is 24.1 Å². The van der Waals surface area contributed by atoms with E-state index in [1.54, 1.807) is 12.1 Å². The average molecular weight is 242 g/mol. The van der Waals surface area contributed by atoms with E-state index in [9.17, 15) is 8.42 Å². The molecule has 0 aliphatic heterocycles. The summed E-state index contributed by atoms with van der Waals surface area (Å²) in [7, 11) is -3.63. The van der Waals surface area contributed by atoms with Gasteiger partial charge in [0.1, 0.15) is 10.0 Å². The molecule has 0 unspecified atom stereocenters. The number of aryl methyl sites for hydroxylation is 1. The molecule has 0 heterocycles. The summed E-state index contributed by atoms with van der Waals surface area (Å²) in [6, 6.07) is 6.49. The van der Waals surface area contributed by atoms with Crippen molar-refractivity contribution in [2.24, 2.45) is 0 Å². The number of sulfonamides is 1. The molecule has 0 aliphatic carbocycles. The molecule has 0 aliphatic rings. The Labute approximate surface area is 111 Å². The van der Waals surface area contributed by atoms with Crippen molar-refractivity contribution in [3.63, 3.8) is 0 Å². The molecule has 1 aromatic rings. The van der Waals surface area contributed by atoms with Crippen LogP contribution in [0.15, 0.2) is 29.2 Å². The van der Waals surface area contributed by atoms with E-state index in [1.165, 1.54) is 12.1 Å². The molecule has 6 heteroatoms. The van der Waals surface area contributed by atoms with Crippen molar-refractivity contribution in [3.05, 3.63) is 34.1 Å². The van der Waals surface area contributed by atoms with Gasteiger partial charge in [-0.1, -0.05) is 19.1 Å². The topological polar surface area (TPSA) is 48.2 Å². The molecule has 0 N–H and O–H groups in total. The third-order valence-corrected chi connectivity index (χ3v) is 3.31. The zero-order valence-electron chi connectivity index (χ0n) is 8.07. The molecule has 14 heavy (non-hydrogen) atoms. The average Bonchev–Trinajstić information content (AvgIpc) is 2.18. The monoisotopic (exact) mass is 241 g/mol. The molecule has 3 nitrogen and oxygen atoms in total. The number of halogens is 1. The normalized spacial score (nSPS) is 10.7. The maximum Gasteiger partial charge on any atom is 1.00 e. The van der Waals surface area contributed by atoms with Gasteiger partial charge < -0.3 is 4.24 Å². The third-order valence-electron chi connectivity index (χ3n) is 1.72. The van der Waals surface area contributed by atoms with Crippen LogP contribution >= 0.6 is 11.8 Å². The van der Waals surface area contributed by atoms with Gasteiger partial charge in [0.2, 0.25) is 0 Å². The van der Waals surface area contributed by atoms with Gasteiger partial charge in [-0.25, -0.2) is 8.42 Å². The first-order chi connectivity index (χ1) is 6.10. The number of nitrogens with zero attached hydrogens (tertiary/aromatic N) is 1. The van der Waals surface area contributed by atoms with E-state index < -0.39 is 10.0 Å². The maximum absolute atomic E-state index is 11.1. The first-order valence-corrected chi connectivity index (χ1v) is 5.55. The second-order valence-corrected chi connectivity index (χ2v) is 4.52. The summed E-state index contributed by atoms with van der Waals surface area (Å²) in [5.41, 5.74) is 1.08. The fourth-order valence-corrected chi connectivity index (χ4v) is 1.74. The molecule has 1 rings (SSSR count). The van der Waals surface area contributed by atoms with Crippen molar-refractivity contribution in [3.8, 4) is 0 Å². The summed E-state index contributed by atoms with van der Waals surface area (Å²) in [5, 5.41) is 0. The predicted molar refractivity (Wildman–Crippen MR) is 52.2 cm³/mol. The van der Waals surface area contributed by atoms with Gasteiger partial charge in [0.25, 0.3) is 0 Å². The molecular weight excluding hydrogens is 233 g/mol. The predicted octanol–water partition coefficient (Wildman–Crippen LogP) is -0.531. The minimum atomic E-state index is -3.63. The van der Waals surface area contributed by atoms with Crippen molar-refractivity contribution < 1.29 is 38.0 Å². The summed E-state index contributed by atoms with van der Waals surface area (Å²) in [4.78, 5) is 0.125. The SMILES string of the molecule is CCc1ccc(S(=O)(=O)[N-]Cl)cc1.[Na+]. The van der Waals surface area contributed by atoms with Crippen molar-refractivity contribution >= 4 is 21.8 Å². The van der Waals surface area contributed by atoms with Gasteiger partial charge in [0.05, 0.1) is 0 Å². The van der Waals surface area contributed by atoms with Crippen LogP contribution in [0, 0.1) is 0 Å². The Balaban J connectivity index is 0.00000169. The van der Waals surface area contributed by atoms with Crippen LogP contribution in [-0.2, 0) is 16.4 Å². The van der Waals surface area contributed by atoms with E-state index in [4.69, 9.17) is 11.8 Å². The van der Waals surface area contributed by atoms with Crippen LogP contribution in [0.3, 0.4) is 0 Å². The summed E-state index contributed by atoms with van der Waals surface area (Å²) in [6.07, 6.45) is 0.873. The minimum absolute atomic E-state index is 0. The van der Waals surface area contributed by atoms with E-state index in [0.29, 0.717) is 0 Å². The van der Waals surface area contributed by atoms with Gasteiger partial charge in [0.15, 0.2) is 0 Å². The molecule has 0 atom stereocenters. The maximum atomic E-state index is 11.1. The molecule has 0 saturated carbocycles. The first kappa shape index (κ1) is 14.4. The van der Waals surface area contributed by atoms with Crippen LogP contribution in [0.1, 0.15) is 12.5 Å². The minimum Gasteiger partial charge on any atom is -0.458 e. The molecule has 72 valence electrons. The molecule has 0 amide bonds. The number of hydrogen-bond donors (Lipinski definition) is 0. The van der Waals surface area contributed by atoms with Crippen molar-refractivity contribution in [1.29, 1.82) is 0 Å². The fraction of sp³-hybridized carbons (Fsp3) is 0.250. The molecule has 0 spiro atoms. The summed E-state index contributed by atoms with van der Waals surface area (Å²) in [5.74, 6) is 0. The molecule has 0 aromatic heterocycles. The first-order valence-electron chi connectivity index (χ1n) is 3.77. The van der Waals surface area contributed by atoms with Gasteiger partial charge in [-0.15, -0.1) is 0 Å². The van der Waals surface area contributed by atoms with E-state index >= 15 is 0 Å². The second kappa shape index (κ2) is 6.10. The van der Waals surface area contributed by atoms with Crippen LogP contribution < -0.4 is 29.6 Å². The zero-order chi connectivity index (χ0) is 9.90.